The van der Waals surface area contributed by atoms with Gasteiger partial charge in [0.2, 0.25) is 0 Å². The van der Waals surface area contributed by atoms with Crippen LogP contribution >= 0.6 is 11.6 Å². The van der Waals surface area contributed by atoms with E-state index in [1.807, 2.05) is 18.2 Å². The van der Waals surface area contributed by atoms with Gasteiger partial charge in [-0.2, -0.15) is 0 Å². The standard InChI is InChI=1S/C17H17ClN4O/c1-2-10-21-11-12-22(15-4-3-9-19-16(15)21)17(23)20-14-7-5-13(18)6-8-14/h2-9H,1,10-12H2,(H,20,23). The Labute approximate surface area is 140 Å². The molecular formula is C17H17ClN4O. The third-order valence-corrected chi connectivity index (χ3v) is 3.89. The molecule has 0 bridgehead atoms. The Morgan fingerprint density at radius 1 is 1.30 bits per heavy atom. The Balaban J connectivity index is 1.82. The molecule has 3 rings (SSSR count). The lowest BCUT2D eigenvalue weighted by molar-refractivity contribution is 0.256. The van der Waals surface area contributed by atoms with Crippen molar-refractivity contribution < 1.29 is 4.79 Å². The molecule has 0 unspecified atom stereocenters. The molecule has 23 heavy (non-hydrogen) atoms. The van der Waals surface area contributed by atoms with Gasteiger partial charge in [0.25, 0.3) is 0 Å². The summed E-state index contributed by atoms with van der Waals surface area (Å²) >= 11 is 5.86. The van der Waals surface area contributed by atoms with Crippen LogP contribution in [0.2, 0.25) is 5.02 Å². The Morgan fingerprint density at radius 3 is 2.83 bits per heavy atom. The zero-order valence-corrected chi connectivity index (χ0v) is 13.3. The van der Waals surface area contributed by atoms with Crippen LogP contribution in [0.3, 0.4) is 0 Å². The van der Waals surface area contributed by atoms with Crippen molar-refractivity contribution in [2.75, 3.05) is 34.8 Å². The summed E-state index contributed by atoms with van der Waals surface area (Å²) in [6, 6.07) is 10.6. The molecule has 0 spiro atoms. The molecule has 2 amide bonds. The normalized spacial score (nSPS) is 13.4. The molecule has 1 N–H and O–H groups in total. The van der Waals surface area contributed by atoms with E-state index in [9.17, 15) is 4.79 Å². The summed E-state index contributed by atoms with van der Waals surface area (Å²) in [5.74, 6) is 0.796. The highest BCUT2D eigenvalue weighted by Gasteiger charge is 2.27. The van der Waals surface area contributed by atoms with Gasteiger partial charge in [0.15, 0.2) is 5.82 Å². The van der Waals surface area contributed by atoms with Crippen molar-refractivity contribution >= 4 is 34.8 Å². The van der Waals surface area contributed by atoms with Crippen LogP contribution in [0.5, 0.6) is 0 Å². The minimum atomic E-state index is -0.181. The zero-order chi connectivity index (χ0) is 16.2. The summed E-state index contributed by atoms with van der Waals surface area (Å²) < 4.78 is 0. The van der Waals surface area contributed by atoms with Gasteiger partial charge < -0.3 is 10.2 Å². The molecule has 0 fully saturated rings. The van der Waals surface area contributed by atoms with Gasteiger partial charge >= 0.3 is 6.03 Å². The van der Waals surface area contributed by atoms with Crippen LogP contribution < -0.4 is 15.1 Å². The number of aromatic nitrogens is 1. The first-order valence-electron chi connectivity index (χ1n) is 7.34. The summed E-state index contributed by atoms with van der Waals surface area (Å²) in [7, 11) is 0. The molecule has 1 aliphatic rings. The second-order valence-corrected chi connectivity index (χ2v) is 5.61. The molecule has 118 valence electrons. The molecule has 0 saturated carbocycles. The number of rotatable bonds is 3. The molecule has 5 nitrogen and oxygen atoms in total. The topological polar surface area (TPSA) is 48.5 Å². The molecule has 1 aliphatic heterocycles. The summed E-state index contributed by atoms with van der Waals surface area (Å²) in [6.07, 6.45) is 3.57. The van der Waals surface area contributed by atoms with Gasteiger partial charge in [-0.3, -0.25) is 4.90 Å². The van der Waals surface area contributed by atoms with Gasteiger partial charge in [0.1, 0.15) is 0 Å². The van der Waals surface area contributed by atoms with Gasteiger partial charge in [-0.1, -0.05) is 17.7 Å². The van der Waals surface area contributed by atoms with Gasteiger partial charge in [0.05, 0.1) is 5.69 Å². The predicted octanol–water partition coefficient (Wildman–Crippen LogP) is 3.78. The van der Waals surface area contributed by atoms with E-state index in [0.717, 1.165) is 11.5 Å². The van der Waals surface area contributed by atoms with Crippen molar-refractivity contribution in [3.8, 4) is 0 Å². The molecule has 1 aromatic carbocycles. The fraction of sp³-hybridized carbons (Fsp3) is 0.176. The number of amides is 2. The molecule has 2 heterocycles. The van der Waals surface area contributed by atoms with Crippen molar-refractivity contribution in [3.05, 3.63) is 60.3 Å². The number of nitrogens with zero attached hydrogens (tertiary/aromatic N) is 3. The highest BCUT2D eigenvalue weighted by atomic mass is 35.5. The van der Waals surface area contributed by atoms with Crippen LogP contribution in [0.1, 0.15) is 0 Å². The van der Waals surface area contributed by atoms with Crippen LogP contribution in [0.15, 0.2) is 55.3 Å². The Morgan fingerprint density at radius 2 is 2.09 bits per heavy atom. The van der Waals surface area contributed by atoms with Crippen LogP contribution in [0.25, 0.3) is 0 Å². The number of carbonyl (C=O) groups is 1. The summed E-state index contributed by atoms with van der Waals surface area (Å²) in [6.45, 7) is 5.78. The van der Waals surface area contributed by atoms with Crippen LogP contribution in [0, 0.1) is 0 Å². The number of halogens is 1. The van der Waals surface area contributed by atoms with E-state index < -0.39 is 0 Å². The van der Waals surface area contributed by atoms with Crippen molar-refractivity contribution in [1.29, 1.82) is 0 Å². The first-order chi connectivity index (χ1) is 11.2. The number of carbonyl (C=O) groups excluding carboxylic acids is 1. The number of pyridine rings is 1. The summed E-state index contributed by atoms with van der Waals surface area (Å²) in [4.78, 5) is 20.8. The average Bonchev–Trinajstić information content (AvgIpc) is 2.57. The zero-order valence-electron chi connectivity index (χ0n) is 12.6. The van der Waals surface area contributed by atoms with E-state index in [1.54, 1.807) is 35.4 Å². The van der Waals surface area contributed by atoms with Gasteiger partial charge in [0, 0.05) is 36.5 Å². The van der Waals surface area contributed by atoms with E-state index in [4.69, 9.17) is 11.6 Å². The third kappa shape index (κ3) is 3.29. The minimum Gasteiger partial charge on any atom is -0.349 e. The first-order valence-corrected chi connectivity index (χ1v) is 7.72. The Kier molecular flexibility index (Phi) is 4.48. The molecule has 1 aromatic heterocycles. The fourth-order valence-electron chi connectivity index (χ4n) is 2.56. The lowest BCUT2D eigenvalue weighted by atomic mass is 10.2. The second kappa shape index (κ2) is 6.71. The molecule has 0 aliphatic carbocycles. The fourth-order valence-corrected chi connectivity index (χ4v) is 2.68. The van der Waals surface area contributed by atoms with E-state index in [2.05, 4.69) is 21.8 Å². The second-order valence-electron chi connectivity index (χ2n) is 5.17. The number of hydrogen-bond donors (Lipinski definition) is 1. The number of benzene rings is 1. The van der Waals surface area contributed by atoms with Gasteiger partial charge in [-0.15, -0.1) is 6.58 Å². The maximum atomic E-state index is 12.6. The van der Waals surface area contributed by atoms with Crippen molar-refractivity contribution in [3.63, 3.8) is 0 Å². The predicted molar refractivity (Wildman–Crippen MR) is 94.5 cm³/mol. The number of hydrogen-bond acceptors (Lipinski definition) is 3. The molecule has 0 radical (unpaired) electrons. The number of anilines is 3. The van der Waals surface area contributed by atoms with Crippen molar-refractivity contribution in [2.24, 2.45) is 0 Å². The molecule has 0 atom stereocenters. The lowest BCUT2D eigenvalue weighted by Crippen LogP contribution is -2.46. The summed E-state index contributed by atoms with van der Waals surface area (Å²) in [5.41, 5.74) is 1.51. The summed E-state index contributed by atoms with van der Waals surface area (Å²) in [5, 5.41) is 3.52. The quantitative estimate of drug-likeness (QED) is 0.872. The van der Waals surface area contributed by atoms with Gasteiger partial charge in [-0.05, 0) is 36.4 Å². The van der Waals surface area contributed by atoms with Crippen LogP contribution in [-0.2, 0) is 0 Å². The van der Waals surface area contributed by atoms with Crippen molar-refractivity contribution in [2.45, 2.75) is 0 Å². The monoisotopic (exact) mass is 328 g/mol. The third-order valence-electron chi connectivity index (χ3n) is 3.64. The van der Waals surface area contributed by atoms with Crippen LogP contribution in [-0.4, -0.2) is 30.6 Å². The highest BCUT2D eigenvalue weighted by Crippen LogP contribution is 2.31. The van der Waals surface area contributed by atoms with E-state index in [-0.39, 0.29) is 6.03 Å². The van der Waals surface area contributed by atoms with E-state index in [1.165, 1.54) is 0 Å². The molecule has 2 aromatic rings. The highest BCUT2D eigenvalue weighted by molar-refractivity contribution is 6.30. The minimum absolute atomic E-state index is 0.181. The van der Waals surface area contributed by atoms with Crippen LogP contribution in [0.4, 0.5) is 22.0 Å². The Hall–Kier alpha value is -2.53. The maximum absolute atomic E-state index is 12.6. The lowest BCUT2D eigenvalue weighted by Gasteiger charge is -2.36. The average molecular weight is 329 g/mol. The largest absolute Gasteiger partial charge is 0.349 e. The number of urea groups is 1. The number of nitrogens with one attached hydrogen (secondary N) is 1. The van der Waals surface area contributed by atoms with E-state index >= 15 is 0 Å². The smallest absolute Gasteiger partial charge is 0.326 e. The molecule has 0 saturated heterocycles. The van der Waals surface area contributed by atoms with E-state index in [0.29, 0.717) is 30.3 Å². The molecular weight excluding hydrogens is 312 g/mol. The number of fused-ring (bicyclic) bond motifs is 1. The van der Waals surface area contributed by atoms with Crippen molar-refractivity contribution in [1.82, 2.24) is 4.98 Å². The Bertz CT molecular complexity index is 717. The first kappa shape index (κ1) is 15.4. The van der Waals surface area contributed by atoms with Gasteiger partial charge in [-0.25, -0.2) is 9.78 Å². The SMILES string of the molecule is C=CCN1CCN(C(=O)Nc2ccc(Cl)cc2)c2cccnc21. The molecule has 6 heteroatoms. The maximum Gasteiger partial charge on any atom is 0.326 e.